The van der Waals surface area contributed by atoms with Crippen molar-refractivity contribution >= 4 is 41.6 Å². The van der Waals surface area contributed by atoms with E-state index in [9.17, 15) is 44.1 Å². The Morgan fingerprint density at radius 1 is 0.959 bits per heavy atom. The van der Waals surface area contributed by atoms with Crippen LogP contribution in [0.5, 0.6) is 5.75 Å². The van der Waals surface area contributed by atoms with Crippen LogP contribution in [-0.4, -0.2) is 145 Å². The molecule has 7 unspecified atom stereocenters. The number of hydrogen-bond donors (Lipinski definition) is 7. The van der Waals surface area contributed by atoms with E-state index in [2.05, 4.69) is 10.6 Å². The van der Waals surface area contributed by atoms with Gasteiger partial charge in [0.2, 0.25) is 12.2 Å². The van der Waals surface area contributed by atoms with E-state index in [0.29, 0.717) is 50.8 Å². The van der Waals surface area contributed by atoms with Gasteiger partial charge in [0.25, 0.3) is 0 Å². The Balaban J connectivity index is 1.54. The number of nitrogens with one attached hydrogen (secondary N) is 2. The molecule has 21 nitrogen and oxygen atoms in total. The highest BCUT2D eigenvalue weighted by atomic mass is 16.7. The van der Waals surface area contributed by atoms with Gasteiger partial charge in [-0.2, -0.15) is 0 Å². The van der Waals surface area contributed by atoms with Gasteiger partial charge in [-0.25, -0.2) is 24.0 Å². The first-order valence-corrected chi connectivity index (χ1v) is 25.2. The molecule has 0 bridgehead atoms. The summed E-state index contributed by atoms with van der Waals surface area (Å²) >= 11 is 0. The van der Waals surface area contributed by atoms with Gasteiger partial charge in [0.15, 0.2) is 6.10 Å². The number of nitrogens with two attached hydrogens (primary N) is 1. The number of alkyl carbamates (subject to hydrolysis) is 1. The van der Waals surface area contributed by atoms with Gasteiger partial charge in [-0.3, -0.25) is 4.79 Å². The number of hydrogen-bond acceptors (Lipinski definition) is 17. The molecule has 1 aromatic carbocycles. The number of aliphatic carboxylic acids is 2. The van der Waals surface area contributed by atoms with Crippen LogP contribution in [0.1, 0.15) is 112 Å². The molecule has 9 atom stereocenters. The third-order valence-electron chi connectivity index (χ3n) is 14.1. The van der Waals surface area contributed by atoms with Crippen molar-refractivity contribution in [2.24, 2.45) is 27.9 Å². The average molecular weight is 1050 g/mol. The van der Waals surface area contributed by atoms with Crippen molar-refractivity contribution in [1.29, 1.82) is 0 Å². The second-order valence-corrected chi connectivity index (χ2v) is 21.1. The maximum Gasteiger partial charge on any atom is 0.408 e. The van der Waals surface area contributed by atoms with Gasteiger partial charge in [0.05, 0.1) is 49.4 Å². The molecule has 4 rings (SSSR count). The van der Waals surface area contributed by atoms with Crippen LogP contribution < -0.4 is 21.1 Å². The van der Waals surface area contributed by atoms with Gasteiger partial charge in [-0.15, -0.1) is 0 Å². The molecule has 2 fully saturated rings. The summed E-state index contributed by atoms with van der Waals surface area (Å²) in [7, 11) is 0. The molecule has 1 aliphatic carbocycles. The lowest BCUT2D eigenvalue weighted by atomic mass is 9.56. The van der Waals surface area contributed by atoms with E-state index in [1.54, 1.807) is 20.8 Å². The molecule has 2 amide bonds. The first-order valence-electron chi connectivity index (χ1n) is 25.2. The molecule has 1 aromatic rings. The summed E-state index contributed by atoms with van der Waals surface area (Å²) in [6, 6.07) is 3.17. The van der Waals surface area contributed by atoms with Crippen molar-refractivity contribution in [2.45, 2.75) is 156 Å². The standard InChI is InChI=1S/C53H79N3O18/c1-33-15-19-53(41(25-33)72-35(3)16-18-52(53,8)31-57)32-70-47(64)45(34(2)17-21-68-43(61)12-10-9-11-42(59)60)56-49(66)69-29-36-13-14-39(73-44-28-37(58)27-40(74-44)46(62)63)38(26-36)55-48(65)50(4,5)20-22-67-23-24-71-51(6,7)30-54/h9-14,25-26,34-35,37,40-41,44-45,57-58H,15-24,27-32,54H2,1-8H3,(H,55,65)(H,56,66)(H,59,60)(H,62,63)/b11-9-,12-10+/t34-,35?,37?,40?,41?,44?,45?,52?,53-/m1/s1. The number of ether oxygens (including phenoxy) is 8. The fraction of sp³-hybridized carbons (Fsp3) is 0.660. The Morgan fingerprint density at radius 2 is 1.69 bits per heavy atom. The number of amides is 2. The fourth-order valence-electron chi connectivity index (χ4n) is 8.78. The summed E-state index contributed by atoms with van der Waals surface area (Å²) in [4.78, 5) is 76.8. The van der Waals surface area contributed by atoms with Crippen LogP contribution in [0, 0.1) is 22.2 Å². The molecule has 0 aromatic heterocycles. The molecule has 8 N–H and O–H groups in total. The number of allylic oxidation sites excluding steroid dienone is 3. The van der Waals surface area contributed by atoms with Crippen LogP contribution in [0.15, 0.2) is 54.2 Å². The highest BCUT2D eigenvalue weighted by molar-refractivity contribution is 5.96. The first-order chi connectivity index (χ1) is 34.8. The predicted molar refractivity (Wildman–Crippen MR) is 268 cm³/mol. The number of esters is 2. The van der Waals surface area contributed by atoms with Crippen LogP contribution in [0.3, 0.4) is 0 Å². The lowest BCUT2D eigenvalue weighted by Crippen LogP contribution is -2.55. The van der Waals surface area contributed by atoms with Crippen molar-refractivity contribution < 1.29 is 87.1 Å². The summed E-state index contributed by atoms with van der Waals surface area (Å²) in [5.41, 5.74) is 4.32. The zero-order chi connectivity index (χ0) is 54.9. The molecule has 0 saturated carbocycles. The van der Waals surface area contributed by atoms with Crippen LogP contribution in [-0.2, 0) is 63.7 Å². The summed E-state index contributed by atoms with van der Waals surface area (Å²) in [5, 5.41) is 45.2. The Morgan fingerprint density at radius 3 is 2.38 bits per heavy atom. The van der Waals surface area contributed by atoms with Gasteiger partial charge >= 0.3 is 30.0 Å². The minimum absolute atomic E-state index is 0.0586. The van der Waals surface area contributed by atoms with Crippen LogP contribution in [0.4, 0.5) is 10.5 Å². The maximum absolute atomic E-state index is 14.3. The molecular formula is C53H79N3O18. The Bertz CT molecular complexity index is 2180. The Hall–Kier alpha value is -5.42. The fourth-order valence-corrected chi connectivity index (χ4v) is 8.78. The molecule has 21 heteroatoms. The van der Waals surface area contributed by atoms with Gasteiger partial charge < -0.3 is 74.7 Å². The highest BCUT2D eigenvalue weighted by Gasteiger charge is 2.56. The molecule has 0 radical (unpaired) electrons. The number of benzene rings is 1. The van der Waals surface area contributed by atoms with E-state index in [1.807, 2.05) is 40.7 Å². The largest absolute Gasteiger partial charge is 0.479 e. The van der Waals surface area contributed by atoms with E-state index in [4.69, 9.17) is 48.7 Å². The number of carboxylic acid groups (broad SMARTS) is 2. The Labute approximate surface area is 433 Å². The Kier molecular flexibility index (Phi) is 23.1. The minimum atomic E-state index is -1.34. The second-order valence-electron chi connectivity index (χ2n) is 21.1. The molecule has 0 spiro atoms. The SMILES string of the molecule is CC1=CC2OC(C)CCC(C)(CO)[C@@]2(COC(=O)C(NC(=O)OCc2ccc(OC3CC(O)CC(C(=O)O)O3)c(NC(=O)C(C)(C)CCOCCOC(C)(C)CN)c2)[C@H](C)CCOC(=O)/C=C/C=C\C(=O)O)CC1. The van der Waals surface area contributed by atoms with Crippen LogP contribution in [0.2, 0.25) is 0 Å². The van der Waals surface area contributed by atoms with Crippen LogP contribution in [0.25, 0.3) is 0 Å². The van der Waals surface area contributed by atoms with Crippen LogP contribution >= 0.6 is 0 Å². The van der Waals surface area contributed by atoms with E-state index in [0.717, 1.165) is 23.8 Å². The molecule has 414 valence electrons. The molecule has 2 aliphatic heterocycles. The maximum atomic E-state index is 14.3. The topological polar surface area (TPSA) is 307 Å². The van der Waals surface area contributed by atoms with Gasteiger partial charge in [-0.05, 0) is 89.8 Å². The number of carbonyl (C=O) groups is 6. The number of fused-ring (bicyclic) bond motifs is 1. The summed E-state index contributed by atoms with van der Waals surface area (Å²) in [6.07, 6.45) is 3.81. The van der Waals surface area contributed by atoms with Crippen molar-refractivity contribution in [3.05, 3.63) is 59.7 Å². The minimum Gasteiger partial charge on any atom is -0.479 e. The quantitative estimate of drug-likeness (QED) is 0.0146. The molecule has 2 saturated heterocycles. The normalized spacial score (nSPS) is 25.2. The van der Waals surface area contributed by atoms with Crippen molar-refractivity contribution in [1.82, 2.24) is 5.32 Å². The zero-order valence-corrected chi connectivity index (χ0v) is 44.1. The molecular weight excluding hydrogens is 967 g/mol. The highest BCUT2D eigenvalue weighted by Crippen LogP contribution is 2.55. The number of carboxylic acids is 2. The van der Waals surface area contributed by atoms with Crippen molar-refractivity contribution in [3.63, 3.8) is 0 Å². The molecule has 2 heterocycles. The third-order valence-corrected chi connectivity index (χ3v) is 14.1. The molecule has 74 heavy (non-hydrogen) atoms. The summed E-state index contributed by atoms with van der Waals surface area (Å²) in [6.45, 7) is 15.0. The number of aliphatic hydroxyl groups is 2. The number of rotatable bonds is 27. The lowest BCUT2D eigenvalue weighted by molar-refractivity contribution is -0.195. The van der Waals surface area contributed by atoms with Gasteiger partial charge in [0, 0.05) is 61.0 Å². The molecule has 3 aliphatic rings. The second kappa shape index (κ2) is 27.9. The van der Waals surface area contributed by atoms with Gasteiger partial charge in [-0.1, -0.05) is 57.6 Å². The third kappa shape index (κ3) is 18.2. The van der Waals surface area contributed by atoms with Crippen molar-refractivity contribution in [3.8, 4) is 5.75 Å². The number of anilines is 1. The van der Waals surface area contributed by atoms with E-state index in [-0.39, 0.29) is 76.4 Å². The predicted octanol–water partition coefficient (Wildman–Crippen LogP) is 5.34. The van der Waals surface area contributed by atoms with Crippen molar-refractivity contribution in [2.75, 3.05) is 51.5 Å². The zero-order valence-electron chi connectivity index (χ0n) is 44.1. The van der Waals surface area contributed by atoms with E-state index in [1.165, 1.54) is 24.3 Å². The van der Waals surface area contributed by atoms with E-state index < -0.39 is 94.3 Å². The first kappa shape index (κ1) is 61.1. The number of carbonyl (C=O) groups excluding carboxylic acids is 4. The monoisotopic (exact) mass is 1050 g/mol. The summed E-state index contributed by atoms with van der Waals surface area (Å²) < 4.78 is 46.7. The number of aliphatic hydroxyl groups excluding tert-OH is 2. The average Bonchev–Trinajstić information content (AvgIpc) is 3.44. The van der Waals surface area contributed by atoms with Gasteiger partial charge in [0.1, 0.15) is 25.0 Å². The lowest BCUT2D eigenvalue weighted by Gasteiger charge is -2.51. The summed E-state index contributed by atoms with van der Waals surface area (Å²) in [5.74, 6) is -5.12. The smallest absolute Gasteiger partial charge is 0.408 e. The van der Waals surface area contributed by atoms with E-state index >= 15 is 0 Å².